The molecule has 2 rings (SSSR count). The maximum atomic E-state index is 12.1. The van der Waals surface area contributed by atoms with Crippen molar-refractivity contribution in [3.63, 3.8) is 0 Å². The second-order valence-corrected chi connectivity index (χ2v) is 7.47. The van der Waals surface area contributed by atoms with Crippen LogP contribution in [-0.4, -0.2) is 18.9 Å². The highest BCUT2D eigenvalue weighted by atomic mass is 79.9. The zero-order valence-corrected chi connectivity index (χ0v) is 15.7. The SMILES string of the molecule is N#C/C(=C/NCc1ccc(Br)cc1)C(=O)Nc1ccc(S(=O)(=O)O)cc1. The van der Waals surface area contributed by atoms with Gasteiger partial charge in [-0.25, -0.2) is 0 Å². The van der Waals surface area contributed by atoms with E-state index in [0.717, 1.165) is 22.2 Å². The summed E-state index contributed by atoms with van der Waals surface area (Å²) in [5.74, 6) is -0.643. The Balaban J connectivity index is 1.99. The Hall–Kier alpha value is -2.67. The van der Waals surface area contributed by atoms with Gasteiger partial charge in [0.25, 0.3) is 16.0 Å². The molecule has 2 aromatic carbocycles. The van der Waals surface area contributed by atoms with Gasteiger partial charge in [-0.1, -0.05) is 28.1 Å². The van der Waals surface area contributed by atoms with Crippen molar-refractivity contribution in [3.05, 3.63) is 70.3 Å². The van der Waals surface area contributed by atoms with Crippen molar-refractivity contribution in [1.29, 1.82) is 5.26 Å². The van der Waals surface area contributed by atoms with Crippen molar-refractivity contribution in [3.8, 4) is 6.07 Å². The Morgan fingerprint density at radius 2 is 1.77 bits per heavy atom. The maximum Gasteiger partial charge on any atom is 0.294 e. The number of nitrogens with one attached hydrogen (secondary N) is 2. The predicted molar refractivity (Wildman–Crippen MR) is 99.6 cm³/mol. The molecule has 0 saturated heterocycles. The van der Waals surface area contributed by atoms with Crippen LogP contribution in [0.3, 0.4) is 0 Å². The lowest BCUT2D eigenvalue weighted by Crippen LogP contribution is -2.16. The van der Waals surface area contributed by atoms with Gasteiger partial charge >= 0.3 is 0 Å². The summed E-state index contributed by atoms with van der Waals surface area (Å²) < 4.78 is 31.8. The van der Waals surface area contributed by atoms with Crippen LogP contribution in [0.2, 0.25) is 0 Å². The summed E-state index contributed by atoms with van der Waals surface area (Å²) in [4.78, 5) is 11.8. The van der Waals surface area contributed by atoms with E-state index in [4.69, 9.17) is 9.81 Å². The molecule has 0 heterocycles. The lowest BCUT2D eigenvalue weighted by atomic mass is 10.2. The highest BCUT2D eigenvalue weighted by molar-refractivity contribution is 9.10. The first kappa shape index (κ1) is 19.7. The molecule has 134 valence electrons. The summed E-state index contributed by atoms with van der Waals surface area (Å²) in [5, 5.41) is 14.5. The zero-order chi connectivity index (χ0) is 19.2. The molecule has 0 aliphatic rings. The van der Waals surface area contributed by atoms with E-state index in [1.165, 1.54) is 18.3 Å². The molecular weight excluding hydrogens is 422 g/mol. The molecule has 0 aliphatic heterocycles. The van der Waals surface area contributed by atoms with Gasteiger partial charge in [0.05, 0.1) is 4.90 Å². The van der Waals surface area contributed by atoms with Crippen LogP contribution < -0.4 is 10.6 Å². The standard InChI is InChI=1S/C17H14BrN3O4S/c18-14-3-1-12(2-4-14)10-20-11-13(9-19)17(22)21-15-5-7-16(8-6-15)26(23,24)25/h1-8,11,20H,10H2,(H,21,22)(H,23,24,25)/b13-11-. The van der Waals surface area contributed by atoms with Gasteiger partial charge in [0.15, 0.2) is 0 Å². The molecule has 0 fully saturated rings. The molecule has 0 bridgehead atoms. The monoisotopic (exact) mass is 435 g/mol. The summed E-state index contributed by atoms with van der Waals surface area (Å²) in [5.41, 5.74) is 1.13. The first-order chi connectivity index (χ1) is 12.3. The van der Waals surface area contributed by atoms with E-state index in [-0.39, 0.29) is 16.2 Å². The number of carbonyl (C=O) groups excluding carboxylic acids is 1. The van der Waals surface area contributed by atoms with Gasteiger partial charge in [-0.15, -0.1) is 0 Å². The van der Waals surface area contributed by atoms with E-state index in [1.807, 2.05) is 24.3 Å². The van der Waals surface area contributed by atoms with Gasteiger partial charge in [-0.05, 0) is 42.0 Å². The fraction of sp³-hybridized carbons (Fsp3) is 0.0588. The Kier molecular flexibility index (Phi) is 6.52. The average molecular weight is 436 g/mol. The lowest BCUT2D eigenvalue weighted by molar-refractivity contribution is -0.112. The van der Waals surface area contributed by atoms with Crippen LogP contribution >= 0.6 is 15.9 Å². The molecule has 0 spiro atoms. The lowest BCUT2D eigenvalue weighted by Gasteiger charge is -2.06. The molecule has 0 saturated carbocycles. The molecule has 9 heteroatoms. The van der Waals surface area contributed by atoms with E-state index < -0.39 is 16.0 Å². The number of benzene rings is 2. The van der Waals surface area contributed by atoms with Crippen LogP contribution in [0.25, 0.3) is 0 Å². The average Bonchev–Trinajstić information content (AvgIpc) is 2.60. The number of halogens is 1. The van der Waals surface area contributed by atoms with Gasteiger partial charge in [0, 0.05) is 22.9 Å². The van der Waals surface area contributed by atoms with E-state index in [2.05, 4.69) is 26.6 Å². The minimum absolute atomic E-state index is 0.138. The predicted octanol–water partition coefficient (Wildman–Crippen LogP) is 2.83. The number of hydrogen-bond donors (Lipinski definition) is 3. The summed E-state index contributed by atoms with van der Waals surface area (Å²) in [6.45, 7) is 0.439. The molecular formula is C17H14BrN3O4S. The Morgan fingerprint density at radius 3 is 2.31 bits per heavy atom. The molecule has 0 atom stereocenters. The molecule has 0 radical (unpaired) electrons. The fourth-order valence-corrected chi connectivity index (χ4v) is 2.67. The molecule has 26 heavy (non-hydrogen) atoms. The molecule has 1 amide bonds. The van der Waals surface area contributed by atoms with Crippen molar-refractivity contribution >= 4 is 37.6 Å². The highest BCUT2D eigenvalue weighted by Gasteiger charge is 2.11. The fourth-order valence-electron chi connectivity index (χ4n) is 1.93. The minimum Gasteiger partial charge on any atom is -0.386 e. The summed E-state index contributed by atoms with van der Waals surface area (Å²) in [6, 6.07) is 14.3. The van der Waals surface area contributed by atoms with Crippen molar-refractivity contribution in [2.24, 2.45) is 0 Å². The summed E-state index contributed by atoms with van der Waals surface area (Å²) in [6.07, 6.45) is 1.31. The number of carbonyl (C=O) groups is 1. The van der Waals surface area contributed by atoms with Gasteiger partial charge in [-0.3, -0.25) is 9.35 Å². The second kappa shape index (κ2) is 8.62. The van der Waals surface area contributed by atoms with Crippen LogP contribution in [0.5, 0.6) is 0 Å². The summed E-state index contributed by atoms with van der Waals surface area (Å²) >= 11 is 3.34. The third-order valence-corrected chi connectivity index (χ3v) is 4.64. The maximum absolute atomic E-state index is 12.1. The first-order valence-corrected chi connectivity index (χ1v) is 9.50. The number of nitriles is 1. The minimum atomic E-state index is -4.30. The molecule has 0 unspecified atom stereocenters. The van der Waals surface area contributed by atoms with Crippen molar-refractivity contribution in [2.45, 2.75) is 11.4 Å². The number of rotatable bonds is 6. The second-order valence-electron chi connectivity index (χ2n) is 5.13. The smallest absolute Gasteiger partial charge is 0.294 e. The van der Waals surface area contributed by atoms with Crippen LogP contribution in [0.15, 0.2) is 69.7 Å². The van der Waals surface area contributed by atoms with E-state index >= 15 is 0 Å². The molecule has 0 aliphatic carbocycles. The quantitative estimate of drug-likeness (QED) is 0.364. The molecule has 2 aromatic rings. The molecule has 0 aromatic heterocycles. The summed E-state index contributed by atoms with van der Waals surface area (Å²) in [7, 11) is -4.30. The number of anilines is 1. The zero-order valence-electron chi connectivity index (χ0n) is 13.3. The normalized spacial score (nSPS) is 11.5. The van der Waals surface area contributed by atoms with Crippen molar-refractivity contribution < 1.29 is 17.8 Å². The van der Waals surface area contributed by atoms with Gasteiger partial charge < -0.3 is 10.6 Å². The molecule has 7 nitrogen and oxygen atoms in total. The molecule has 3 N–H and O–H groups in total. The van der Waals surface area contributed by atoms with Crippen LogP contribution in [0, 0.1) is 11.3 Å². The third kappa shape index (κ3) is 5.70. The van der Waals surface area contributed by atoms with Crippen molar-refractivity contribution in [2.75, 3.05) is 5.32 Å². The van der Waals surface area contributed by atoms with Gasteiger partial charge in [0.1, 0.15) is 11.6 Å². The number of nitrogens with zero attached hydrogens (tertiary/aromatic N) is 1. The Morgan fingerprint density at radius 1 is 1.15 bits per heavy atom. The van der Waals surface area contributed by atoms with E-state index in [1.54, 1.807) is 6.07 Å². The number of hydrogen-bond acceptors (Lipinski definition) is 5. The Bertz CT molecular complexity index is 963. The number of amides is 1. The topological polar surface area (TPSA) is 119 Å². The first-order valence-electron chi connectivity index (χ1n) is 7.26. The van der Waals surface area contributed by atoms with E-state index in [0.29, 0.717) is 6.54 Å². The van der Waals surface area contributed by atoms with Crippen LogP contribution in [-0.2, 0) is 21.5 Å². The van der Waals surface area contributed by atoms with E-state index in [9.17, 15) is 13.2 Å². The van der Waals surface area contributed by atoms with Crippen LogP contribution in [0.4, 0.5) is 5.69 Å². The van der Waals surface area contributed by atoms with Gasteiger partial charge in [0.2, 0.25) is 0 Å². The third-order valence-electron chi connectivity index (χ3n) is 3.24. The van der Waals surface area contributed by atoms with Crippen LogP contribution in [0.1, 0.15) is 5.56 Å². The largest absolute Gasteiger partial charge is 0.386 e. The van der Waals surface area contributed by atoms with Crippen molar-refractivity contribution in [1.82, 2.24) is 5.32 Å². The van der Waals surface area contributed by atoms with Gasteiger partial charge in [-0.2, -0.15) is 13.7 Å². The Labute approximate surface area is 159 Å². The highest BCUT2D eigenvalue weighted by Crippen LogP contribution is 2.14.